The summed E-state index contributed by atoms with van der Waals surface area (Å²) in [7, 11) is 0. The molecule has 1 amide bonds. The van der Waals surface area contributed by atoms with E-state index in [0.717, 1.165) is 17.7 Å². The van der Waals surface area contributed by atoms with Gasteiger partial charge in [-0.15, -0.1) is 22.9 Å². The number of carbonyl (C=O) groups is 1. The van der Waals surface area contributed by atoms with Gasteiger partial charge in [-0.1, -0.05) is 18.6 Å². The van der Waals surface area contributed by atoms with Gasteiger partial charge in [0.25, 0.3) is 5.91 Å². The molecule has 1 aliphatic rings. The van der Waals surface area contributed by atoms with E-state index in [2.05, 4.69) is 11.4 Å². The van der Waals surface area contributed by atoms with Gasteiger partial charge in [0.1, 0.15) is 0 Å². The van der Waals surface area contributed by atoms with Gasteiger partial charge < -0.3 is 5.32 Å². The van der Waals surface area contributed by atoms with E-state index >= 15 is 0 Å². The molecule has 1 aromatic heterocycles. The Morgan fingerprint density at radius 2 is 2.17 bits per heavy atom. The van der Waals surface area contributed by atoms with Crippen LogP contribution in [-0.2, 0) is 12.8 Å². The van der Waals surface area contributed by atoms with Crippen LogP contribution in [-0.4, -0.2) is 18.3 Å². The molecule has 1 aromatic rings. The molecular weight excluding hydrogens is 266 g/mol. The minimum absolute atomic E-state index is 0.0345. The van der Waals surface area contributed by atoms with Crippen LogP contribution < -0.4 is 5.32 Å². The second-order valence-electron chi connectivity index (χ2n) is 4.46. The summed E-state index contributed by atoms with van der Waals surface area (Å²) in [6.45, 7) is 0.550. The van der Waals surface area contributed by atoms with Crippen LogP contribution in [0.2, 0.25) is 0 Å². The van der Waals surface area contributed by atoms with Gasteiger partial charge in [0.2, 0.25) is 0 Å². The van der Waals surface area contributed by atoms with Gasteiger partial charge in [-0.25, -0.2) is 0 Å². The Labute approximate surface area is 117 Å². The fourth-order valence-corrected chi connectivity index (χ4v) is 3.46. The lowest BCUT2D eigenvalue weighted by molar-refractivity contribution is 0.0962. The van der Waals surface area contributed by atoms with E-state index in [1.54, 1.807) is 11.3 Å². The molecule has 0 spiro atoms. The second kappa shape index (κ2) is 6.95. The highest BCUT2D eigenvalue weighted by atomic mass is 35.5. The SMILES string of the molecule is O=C(NC/C=C/CCl)c1cc2c(s1)CCCCC2. The summed E-state index contributed by atoms with van der Waals surface area (Å²) in [4.78, 5) is 14.2. The highest BCUT2D eigenvalue weighted by Gasteiger charge is 2.15. The maximum absolute atomic E-state index is 11.9. The molecule has 0 fully saturated rings. The highest BCUT2D eigenvalue weighted by Crippen LogP contribution is 2.28. The van der Waals surface area contributed by atoms with Crippen molar-refractivity contribution in [1.29, 1.82) is 0 Å². The minimum atomic E-state index is 0.0345. The summed E-state index contributed by atoms with van der Waals surface area (Å²) >= 11 is 7.18. The third-order valence-corrected chi connectivity index (χ3v) is 4.52. The number of fused-ring (bicyclic) bond motifs is 1. The molecule has 1 N–H and O–H groups in total. The van der Waals surface area contributed by atoms with Crippen molar-refractivity contribution in [1.82, 2.24) is 5.32 Å². The van der Waals surface area contributed by atoms with Gasteiger partial charge >= 0.3 is 0 Å². The molecule has 4 heteroatoms. The number of carbonyl (C=O) groups excluding carboxylic acids is 1. The molecule has 0 saturated heterocycles. The molecule has 0 saturated carbocycles. The first kappa shape index (κ1) is 13.6. The topological polar surface area (TPSA) is 29.1 Å². The van der Waals surface area contributed by atoms with E-state index in [-0.39, 0.29) is 5.91 Å². The van der Waals surface area contributed by atoms with Crippen molar-refractivity contribution in [2.45, 2.75) is 32.1 Å². The van der Waals surface area contributed by atoms with Crippen LogP contribution in [0.25, 0.3) is 0 Å². The summed E-state index contributed by atoms with van der Waals surface area (Å²) in [5, 5.41) is 2.88. The maximum Gasteiger partial charge on any atom is 0.261 e. The van der Waals surface area contributed by atoms with E-state index in [4.69, 9.17) is 11.6 Å². The quantitative estimate of drug-likeness (QED) is 0.511. The van der Waals surface area contributed by atoms with Crippen molar-refractivity contribution >= 4 is 28.8 Å². The number of amides is 1. The Morgan fingerprint density at radius 3 is 3.00 bits per heavy atom. The first-order chi connectivity index (χ1) is 8.81. The van der Waals surface area contributed by atoms with Crippen molar-refractivity contribution in [2.75, 3.05) is 12.4 Å². The fourth-order valence-electron chi connectivity index (χ4n) is 2.16. The monoisotopic (exact) mass is 283 g/mol. The first-order valence-electron chi connectivity index (χ1n) is 6.42. The van der Waals surface area contributed by atoms with Crippen LogP contribution in [0.15, 0.2) is 18.2 Å². The molecule has 18 heavy (non-hydrogen) atoms. The predicted octanol–water partition coefficient (Wildman–Crippen LogP) is 3.54. The third kappa shape index (κ3) is 3.59. The lowest BCUT2D eigenvalue weighted by Crippen LogP contribution is -2.22. The van der Waals surface area contributed by atoms with E-state index in [1.807, 2.05) is 12.2 Å². The van der Waals surface area contributed by atoms with Crippen LogP contribution in [0.1, 0.15) is 39.4 Å². The summed E-state index contributed by atoms with van der Waals surface area (Å²) in [6.07, 6.45) is 9.81. The fraction of sp³-hybridized carbons (Fsp3) is 0.500. The van der Waals surface area contributed by atoms with E-state index in [9.17, 15) is 4.79 Å². The number of thiophene rings is 1. The lowest BCUT2D eigenvalue weighted by atomic mass is 10.1. The van der Waals surface area contributed by atoms with Gasteiger partial charge in [0.05, 0.1) is 4.88 Å². The Bertz CT molecular complexity index is 416. The molecule has 0 unspecified atom stereocenters. The molecule has 98 valence electrons. The maximum atomic E-state index is 11.9. The van der Waals surface area contributed by atoms with Crippen molar-refractivity contribution in [3.63, 3.8) is 0 Å². The molecule has 0 atom stereocenters. The van der Waals surface area contributed by atoms with Crippen LogP contribution >= 0.6 is 22.9 Å². The van der Waals surface area contributed by atoms with Crippen molar-refractivity contribution in [3.05, 3.63) is 33.5 Å². The number of alkyl halides is 1. The molecule has 0 radical (unpaired) electrons. The summed E-state index contributed by atoms with van der Waals surface area (Å²) in [5.41, 5.74) is 1.39. The molecular formula is C14H18ClNOS. The molecule has 2 rings (SSSR count). The first-order valence-corrected chi connectivity index (χ1v) is 7.77. The van der Waals surface area contributed by atoms with Gasteiger partial charge in [-0.05, 0) is 37.3 Å². The number of allylic oxidation sites excluding steroid dienone is 1. The molecule has 0 aliphatic heterocycles. The van der Waals surface area contributed by atoms with Crippen LogP contribution in [0.3, 0.4) is 0 Å². The smallest absolute Gasteiger partial charge is 0.261 e. The van der Waals surface area contributed by atoms with Crippen LogP contribution in [0.4, 0.5) is 0 Å². The number of hydrogen-bond acceptors (Lipinski definition) is 2. The van der Waals surface area contributed by atoms with Gasteiger partial charge in [0, 0.05) is 17.3 Å². The Hall–Kier alpha value is -0.800. The molecule has 0 aromatic carbocycles. The highest BCUT2D eigenvalue weighted by molar-refractivity contribution is 7.14. The van der Waals surface area contributed by atoms with Crippen LogP contribution in [0.5, 0.6) is 0 Å². The van der Waals surface area contributed by atoms with E-state index < -0.39 is 0 Å². The summed E-state index contributed by atoms with van der Waals surface area (Å²) in [6, 6.07) is 2.08. The summed E-state index contributed by atoms with van der Waals surface area (Å²) in [5.74, 6) is 0.524. The zero-order chi connectivity index (χ0) is 12.8. The number of rotatable bonds is 4. The number of aryl methyl sites for hydroxylation is 2. The van der Waals surface area contributed by atoms with E-state index in [0.29, 0.717) is 12.4 Å². The Morgan fingerprint density at radius 1 is 1.33 bits per heavy atom. The zero-order valence-corrected chi connectivity index (χ0v) is 11.9. The zero-order valence-electron chi connectivity index (χ0n) is 10.4. The Kier molecular flexibility index (Phi) is 5.26. The molecule has 1 heterocycles. The Balaban J connectivity index is 1.96. The number of halogens is 1. The average Bonchev–Trinajstić information content (AvgIpc) is 2.66. The van der Waals surface area contributed by atoms with Crippen molar-refractivity contribution in [3.8, 4) is 0 Å². The third-order valence-electron chi connectivity index (χ3n) is 3.11. The number of hydrogen-bond donors (Lipinski definition) is 1. The minimum Gasteiger partial charge on any atom is -0.348 e. The molecule has 2 nitrogen and oxygen atoms in total. The van der Waals surface area contributed by atoms with Crippen molar-refractivity contribution in [2.24, 2.45) is 0 Å². The molecule has 0 bridgehead atoms. The predicted molar refractivity (Wildman–Crippen MR) is 77.8 cm³/mol. The van der Waals surface area contributed by atoms with Crippen LogP contribution in [0, 0.1) is 0 Å². The average molecular weight is 284 g/mol. The van der Waals surface area contributed by atoms with Crippen molar-refractivity contribution < 1.29 is 4.79 Å². The largest absolute Gasteiger partial charge is 0.348 e. The van der Waals surface area contributed by atoms with E-state index in [1.165, 1.54) is 29.7 Å². The summed E-state index contributed by atoms with van der Waals surface area (Å²) < 4.78 is 0. The van der Waals surface area contributed by atoms with Gasteiger partial charge in [-0.3, -0.25) is 4.79 Å². The normalized spacial score (nSPS) is 15.4. The van der Waals surface area contributed by atoms with Gasteiger partial charge in [-0.2, -0.15) is 0 Å². The second-order valence-corrected chi connectivity index (χ2v) is 5.90. The standard InChI is InChI=1S/C14H18ClNOS/c15-8-4-5-9-16-14(17)13-10-11-6-2-1-3-7-12(11)18-13/h4-5,10H,1-3,6-9H2,(H,16,17)/b5-4+. The number of nitrogens with one attached hydrogen (secondary N) is 1. The van der Waals surface area contributed by atoms with Gasteiger partial charge in [0.15, 0.2) is 0 Å². The lowest BCUT2D eigenvalue weighted by Gasteiger charge is -1.98. The molecule has 1 aliphatic carbocycles.